The lowest BCUT2D eigenvalue weighted by Gasteiger charge is -2.40. The van der Waals surface area contributed by atoms with Gasteiger partial charge in [-0.3, -0.25) is 4.90 Å². The quantitative estimate of drug-likeness (QED) is 0.708. The van der Waals surface area contributed by atoms with E-state index in [0.29, 0.717) is 6.04 Å². The molecule has 0 spiro atoms. The van der Waals surface area contributed by atoms with Crippen molar-refractivity contribution >= 4 is 11.3 Å². The van der Waals surface area contributed by atoms with E-state index in [1.807, 2.05) is 23.7 Å². The SMILES string of the molecule is COc1ccc(CN2CCN(c3nccn4nc(C)cc34)CC2C)cc1F. The number of ether oxygens (including phenoxy) is 1. The van der Waals surface area contributed by atoms with Gasteiger partial charge in [0.1, 0.15) is 5.52 Å². The monoisotopic (exact) mass is 369 g/mol. The highest BCUT2D eigenvalue weighted by molar-refractivity contribution is 5.69. The molecule has 3 heterocycles. The van der Waals surface area contributed by atoms with Gasteiger partial charge in [-0.25, -0.2) is 13.9 Å². The zero-order valence-corrected chi connectivity index (χ0v) is 15.9. The fraction of sp³-hybridized carbons (Fsp3) is 0.400. The first-order valence-electron chi connectivity index (χ1n) is 9.17. The van der Waals surface area contributed by atoms with Gasteiger partial charge in [-0.15, -0.1) is 0 Å². The average Bonchev–Trinajstić information content (AvgIpc) is 3.03. The highest BCUT2D eigenvalue weighted by Gasteiger charge is 2.26. The Kier molecular flexibility index (Phi) is 4.70. The van der Waals surface area contributed by atoms with E-state index in [9.17, 15) is 4.39 Å². The average molecular weight is 369 g/mol. The number of hydrogen-bond acceptors (Lipinski definition) is 5. The standard InChI is InChI=1S/C20H24FN5O/c1-14-10-18-20(22-6-7-26(18)23-14)25-9-8-24(15(2)12-25)13-16-4-5-19(27-3)17(21)11-16/h4-7,10-11,15H,8-9,12-13H2,1-3H3. The number of aromatic nitrogens is 3. The lowest BCUT2D eigenvalue weighted by molar-refractivity contribution is 0.180. The highest BCUT2D eigenvalue weighted by atomic mass is 19.1. The van der Waals surface area contributed by atoms with Gasteiger partial charge in [-0.1, -0.05) is 6.07 Å². The first-order chi connectivity index (χ1) is 13.0. The summed E-state index contributed by atoms with van der Waals surface area (Å²) < 4.78 is 20.9. The van der Waals surface area contributed by atoms with E-state index in [1.165, 1.54) is 7.11 Å². The fourth-order valence-corrected chi connectivity index (χ4v) is 3.74. The normalized spacial score (nSPS) is 18.2. The minimum atomic E-state index is -0.312. The second-order valence-electron chi connectivity index (χ2n) is 7.10. The number of methoxy groups -OCH3 is 1. The minimum absolute atomic E-state index is 0.284. The zero-order chi connectivity index (χ0) is 19.0. The van der Waals surface area contributed by atoms with Gasteiger partial charge in [0.25, 0.3) is 0 Å². The largest absolute Gasteiger partial charge is 0.494 e. The molecule has 0 aliphatic carbocycles. The van der Waals surface area contributed by atoms with Crippen molar-refractivity contribution in [3.8, 4) is 5.75 Å². The molecule has 1 unspecified atom stereocenters. The summed E-state index contributed by atoms with van der Waals surface area (Å²) in [6.45, 7) is 7.55. The summed E-state index contributed by atoms with van der Waals surface area (Å²) >= 11 is 0. The topological polar surface area (TPSA) is 45.9 Å². The summed E-state index contributed by atoms with van der Waals surface area (Å²) in [5.74, 6) is 0.945. The Morgan fingerprint density at radius 1 is 1.26 bits per heavy atom. The summed E-state index contributed by atoms with van der Waals surface area (Å²) in [5.41, 5.74) is 2.98. The lowest BCUT2D eigenvalue weighted by atomic mass is 10.1. The van der Waals surface area contributed by atoms with Crippen LogP contribution < -0.4 is 9.64 Å². The molecule has 1 aliphatic rings. The molecule has 142 valence electrons. The number of halogens is 1. The molecule has 2 aromatic heterocycles. The van der Waals surface area contributed by atoms with Gasteiger partial charge < -0.3 is 9.64 Å². The van der Waals surface area contributed by atoms with Crippen LogP contribution in [0.3, 0.4) is 0 Å². The molecule has 7 heteroatoms. The van der Waals surface area contributed by atoms with Crippen LogP contribution in [0, 0.1) is 12.7 Å². The smallest absolute Gasteiger partial charge is 0.165 e. The maximum atomic E-state index is 14.0. The molecule has 1 saturated heterocycles. The molecule has 6 nitrogen and oxygen atoms in total. The predicted molar refractivity (Wildman–Crippen MR) is 103 cm³/mol. The molecule has 0 amide bonds. The summed E-state index contributed by atoms with van der Waals surface area (Å²) in [5, 5.41) is 4.47. The molecule has 3 aromatic rings. The summed E-state index contributed by atoms with van der Waals surface area (Å²) in [7, 11) is 1.48. The summed E-state index contributed by atoms with van der Waals surface area (Å²) in [4.78, 5) is 9.29. The van der Waals surface area contributed by atoms with Crippen LogP contribution in [0.15, 0.2) is 36.7 Å². The molecular formula is C20H24FN5O. The third kappa shape index (κ3) is 3.47. The number of benzene rings is 1. The lowest BCUT2D eigenvalue weighted by Crippen LogP contribution is -2.51. The van der Waals surface area contributed by atoms with Crippen molar-refractivity contribution in [2.75, 3.05) is 31.6 Å². The maximum Gasteiger partial charge on any atom is 0.165 e. The van der Waals surface area contributed by atoms with Gasteiger partial charge in [-0.2, -0.15) is 5.10 Å². The third-order valence-corrected chi connectivity index (χ3v) is 5.16. The Morgan fingerprint density at radius 3 is 2.85 bits per heavy atom. The van der Waals surface area contributed by atoms with E-state index in [1.54, 1.807) is 18.3 Å². The van der Waals surface area contributed by atoms with E-state index in [0.717, 1.165) is 48.8 Å². The van der Waals surface area contributed by atoms with Crippen molar-refractivity contribution < 1.29 is 9.13 Å². The second-order valence-corrected chi connectivity index (χ2v) is 7.10. The molecular weight excluding hydrogens is 345 g/mol. The molecule has 27 heavy (non-hydrogen) atoms. The van der Waals surface area contributed by atoms with E-state index >= 15 is 0 Å². The van der Waals surface area contributed by atoms with Crippen LogP contribution in [0.25, 0.3) is 5.52 Å². The molecule has 0 saturated carbocycles. The fourth-order valence-electron chi connectivity index (χ4n) is 3.74. The summed E-state index contributed by atoms with van der Waals surface area (Å²) in [6.07, 6.45) is 3.68. The minimum Gasteiger partial charge on any atom is -0.494 e. The first-order valence-corrected chi connectivity index (χ1v) is 9.17. The van der Waals surface area contributed by atoms with Gasteiger partial charge >= 0.3 is 0 Å². The van der Waals surface area contributed by atoms with Crippen LogP contribution in [0.5, 0.6) is 5.75 Å². The van der Waals surface area contributed by atoms with Crippen molar-refractivity contribution in [2.24, 2.45) is 0 Å². The molecule has 1 aromatic carbocycles. The van der Waals surface area contributed by atoms with Gasteiger partial charge in [0.2, 0.25) is 0 Å². The number of hydrogen-bond donors (Lipinski definition) is 0. The van der Waals surface area contributed by atoms with E-state index < -0.39 is 0 Å². The van der Waals surface area contributed by atoms with Crippen molar-refractivity contribution in [3.05, 3.63) is 53.7 Å². The van der Waals surface area contributed by atoms with Crippen LogP contribution in [-0.2, 0) is 6.54 Å². The number of piperazine rings is 1. The van der Waals surface area contributed by atoms with Crippen molar-refractivity contribution in [3.63, 3.8) is 0 Å². The number of anilines is 1. The number of nitrogens with zero attached hydrogens (tertiary/aromatic N) is 5. The maximum absolute atomic E-state index is 14.0. The Bertz CT molecular complexity index is 957. The van der Waals surface area contributed by atoms with E-state index in [-0.39, 0.29) is 11.6 Å². The molecule has 0 bridgehead atoms. The predicted octanol–water partition coefficient (Wildman–Crippen LogP) is 2.90. The third-order valence-electron chi connectivity index (χ3n) is 5.16. The van der Waals surface area contributed by atoms with Crippen molar-refractivity contribution in [1.82, 2.24) is 19.5 Å². The second kappa shape index (κ2) is 7.15. The molecule has 0 radical (unpaired) electrons. The Labute approximate surface area is 158 Å². The van der Waals surface area contributed by atoms with E-state index in [4.69, 9.17) is 4.74 Å². The number of fused-ring (bicyclic) bond motifs is 1. The van der Waals surface area contributed by atoms with Crippen LogP contribution >= 0.6 is 0 Å². The Balaban J connectivity index is 1.48. The van der Waals surface area contributed by atoms with Crippen LogP contribution in [0.4, 0.5) is 10.2 Å². The van der Waals surface area contributed by atoms with Crippen molar-refractivity contribution in [1.29, 1.82) is 0 Å². The highest BCUT2D eigenvalue weighted by Crippen LogP contribution is 2.24. The van der Waals surface area contributed by atoms with Gasteiger partial charge in [-0.05, 0) is 37.6 Å². The van der Waals surface area contributed by atoms with Gasteiger partial charge in [0, 0.05) is 44.6 Å². The Morgan fingerprint density at radius 2 is 2.11 bits per heavy atom. The number of aryl methyl sites for hydroxylation is 1. The molecule has 1 fully saturated rings. The van der Waals surface area contributed by atoms with E-state index in [2.05, 4.69) is 32.9 Å². The summed E-state index contributed by atoms with van der Waals surface area (Å²) in [6, 6.07) is 7.58. The van der Waals surface area contributed by atoms with Crippen LogP contribution in [0.1, 0.15) is 18.2 Å². The van der Waals surface area contributed by atoms with Gasteiger partial charge in [0.15, 0.2) is 17.4 Å². The molecule has 4 rings (SSSR count). The molecule has 1 atom stereocenters. The van der Waals surface area contributed by atoms with Crippen molar-refractivity contribution in [2.45, 2.75) is 26.4 Å². The van der Waals surface area contributed by atoms with Crippen LogP contribution in [0.2, 0.25) is 0 Å². The zero-order valence-electron chi connectivity index (χ0n) is 15.9. The van der Waals surface area contributed by atoms with Gasteiger partial charge in [0.05, 0.1) is 12.8 Å². The molecule has 1 aliphatic heterocycles. The molecule has 0 N–H and O–H groups in total. The number of rotatable bonds is 4. The Hall–Kier alpha value is -2.67. The van der Waals surface area contributed by atoms with Crippen LogP contribution in [-0.4, -0.2) is 52.3 Å². The first kappa shape index (κ1) is 17.7.